The number of hydrogen-bond acceptors (Lipinski definition) is 4. The lowest BCUT2D eigenvalue weighted by Crippen LogP contribution is -2.53. The molecular formula is C23H39IN6O. The lowest BCUT2D eigenvalue weighted by Gasteiger charge is -2.39. The molecule has 0 saturated carbocycles. The maximum Gasteiger partial charge on any atom is 0.191 e. The zero-order valence-electron chi connectivity index (χ0n) is 19.4. The van der Waals surface area contributed by atoms with Crippen molar-refractivity contribution in [3.63, 3.8) is 0 Å². The molecule has 8 heteroatoms. The van der Waals surface area contributed by atoms with Gasteiger partial charge in [-0.15, -0.1) is 24.0 Å². The first-order valence-corrected chi connectivity index (χ1v) is 11.4. The number of aryl methyl sites for hydroxylation is 1. The number of pyridine rings is 1. The summed E-state index contributed by atoms with van der Waals surface area (Å²) in [5.41, 5.74) is 3.33. The van der Waals surface area contributed by atoms with Crippen molar-refractivity contribution in [1.82, 2.24) is 24.9 Å². The number of aromatic nitrogens is 2. The van der Waals surface area contributed by atoms with Crippen LogP contribution in [0.4, 0.5) is 0 Å². The molecule has 1 atom stereocenters. The van der Waals surface area contributed by atoms with Gasteiger partial charge >= 0.3 is 0 Å². The Morgan fingerprint density at radius 2 is 1.97 bits per heavy atom. The number of imidazole rings is 1. The van der Waals surface area contributed by atoms with Gasteiger partial charge in [0.15, 0.2) is 5.96 Å². The SMILES string of the molecule is CCC(CC)C(CNC(=NC)NCCc1cn2cccc(C)c2n1)N1CCOCC1.I. The quantitative estimate of drug-likeness (QED) is 0.290. The Bertz CT molecular complexity index is 813. The average molecular weight is 543 g/mol. The molecule has 0 bridgehead atoms. The molecule has 0 radical (unpaired) electrons. The fourth-order valence-electron chi connectivity index (χ4n) is 4.39. The Hall–Kier alpha value is -1.39. The molecule has 0 amide bonds. The number of nitrogens with one attached hydrogen (secondary N) is 2. The molecule has 0 spiro atoms. The summed E-state index contributed by atoms with van der Waals surface area (Å²) in [6.45, 7) is 12.1. The smallest absolute Gasteiger partial charge is 0.191 e. The summed E-state index contributed by atoms with van der Waals surface area (Å²) in [5.74, 6) is 1.54. The summed E-state index contributed by atoms with van der Waals surface area (Å²) < 4.78 is 7.66. The first kappa shape index (κ1) is 25.9. The highest BCUT2D eigenvalue weighted by molar-refractivity contribution is 14.0. The number of ether oxygens (including phenoxy) is 1. The van der Waals surface area contributed by atoms with Crippen LogP contribution in [-0.2, 0) is 11.2 Å². The second kappa shape index (κ2) is 13.2. The van der Waals surface area contributed by atoms with Crippen LogP contribution in [0.15, 0.2) is 29.5 Å². The summed E-state index contributed by atoms with van der Waals surface area (Å²) >= 11 is 0. The van der Waals surface area contributed by atoms with E-state index in [-0.39, 0.29) is 24.0 Å². The standard InChI is InChI=1S/C23H38N6O.HI/c1-5-19(6-2)21(28-12-14-30-15-13-28)16-26-23(24-4)25-10-9-20-17-29-11-7-8-18(3)22(29)27-20;/h7-8,11,17,19,21H,5-6,9-10,12-16H2,1-4H3,(H2,24,25,26);1H. The molecule has 1 aliphatic rings. The second-order valence-electron chi connectivity index (χ2n) is 8.08. The molecule has 3 rings (SSSR count). The summed E-state index contributed by atoms with van der Waals surface area (Å²) in [7, 11) is 1.84. The number of morpholine rings is 1. The zero-order chi connectivity index (χ0) is 21.3. The molecule has 2 N–H and O–H groups in total. The van der Waals surface area contributed by atoms with Crippen molar-refractivity contribution in [1.29, 1.82) is 0 Å². The fourth-order valence-corrected chi connectivity index (χ4v) is 4.39. The number of aliphatic imine (C=N–C) groups is 1. The van der Waals surface area contributed by atoms with Crippen molar-refractivity contribution < 1.29 is 4.74 Å². The summed E-state index contributed by atoms with van der Waals surface area (Å²) in [5, 5.41) is 7.03. The van der Waals surface area contributed by atoms with Crippen LogP contribution in [0, 0.1) is 12.8 Å². The van der Waals surface area contributed by atoms with Gasteiger partial charge in [0.1, 0.15) is 5.65 Å². The predicted molar refractivity (Wildman–Crippen MR) is 139 cm³/mol. The summed E-state index contributed by atoms with van der Waals surface area (Å²) in [6.07, 6.45) is 7.42. The molecule has 2 aromatic heterocycles. The van der Waals surface area contributed by atoms with Crippen molar-refractivity contribution in [2.75, 3.05) is 46.4 Å². The Morgan fingerprint density at radius 1 is 1.23 bits per heavy atom. The van der Waals surface area contributed by atoms with E-state index in [1.807, 2.05) is 7.05 Å². The van der Waals surface area contributed by atoms with E-state index in [2.05, 4.69) is 70.2 Å². The maximum absolute atomic E-state index is 5.56. The number of rotatable bonds is 9. The number of halogens is 1. The fraction of sp³-hybridized carbons (Fsp3) is 0.652. The van der Waals surface area contributed by atoms with Gasteiger partial charge in [0, 0.05) is 58.1 Å². The normalized spacial score (nSPS) is 16.4. The van der Waals surface area contributed by atoms with Crippen molar-refractivity contribution in [2.45, 2.75) is 46.1 Å². The molecule has 1 fully saturated rings. The van der Waals surface area contributed by atoms with Crippen molar-refractivity contribution in [3.8, 4) is 0 Å². The van der Waals surface area contributed by atoms with Gasteiger partial charge in [0.05, 0.1) is 18.9 Å². The van der Waals surface area contributed by atoms with E-state index in [0.29, 0.717) is 12.0 Å². The number of nitrogens with zero attached hydrogens (tertiary/aromatic N) is 4. The van der Waals surface area contributed by atoms with E-state index >= 15 is 0 Å². The number of hydrogen-bond donors (Lipinski definition) is 2. The van der Waals surface area contributed by atoms with Gasteiger partial charge in [0.25, 0.3) is 0 Å². The molecule has 1 saturated heterocycles. The average Bonchev–Trinajstić information content (AvgIpc) is 3.20. The van der Waals surface area contributed by atoms with E-state index in [0.717, 1.165) is 63.1 Å². The highest BCUT2D eigenvalue weighted by Gasteiger charge is 2.27. The van der Waals surface area contributed by atoms with Crippen molar-refractivity contribution in [2.24, 2.45) is 10.9 Å². The van der Waals surface area contributed by atoms with Crippen LogP contribution < -0.4 is 10.6 Å². The van der Waals surface area contributed by atoms with Gasteiger partial charge in [-0.25, -0.2) is 4.98 Å². The van der Waals surface area contributed by atoms with Crippen LogP contribution in [0.5, 0.6) is 0 Å². The van der Waals surface area contributed by atoms with E-state index in [9.17, 15) is 0 Å². The van der Waals surface area contributed by atoms with Gasteiger partial charge in [-0.2, -0.15) is 0 Å². The summed E-state index contributed by atoms with van der Waals surface area (Å²) in [6, 6.07) is 4.66. The summed E-state index contributed by atoms with van der Waals surface area (Å²) in [4.78, 5) is 11.8. The van der Waals surface area contributed by atoms with E-state index in [1.54, 1.807) is 0 Å². The van der Waals surface area contributed by atoms with Crippen LogP contribution >= 0.6 is 24.0 Å². The molecule has 3 heterocycles. The minimum absolute atomic E-state index is 0. The molecule has 174 valence electrons. The lowest BCUT2D eigenvalue weighted by molar-refractivity contribution is 0.00272. The van der Waals surface area contributed by atoms with Gasteiger partial charge < -0.3 is 19.8 Å². The Balaban J connectivity index is 0.00000341. The molecule has 31 heavy (non-hydrogen) atoms. The van der Waals surface area contributed by atoms with Gasteiger partial charge in [-0.3, -0.25) is 9.89 Å². The molecule has 2 aromatic rings. The van der Waals surface area contributed by atoms with Crippen LogP contribution in [-0.4, -0.2) is 72.7 Å². The minimum Gasteiger partial charge on any atom is -0.379 e. The van der Waals surface area contributed by atoms with E-state index in [1.165, 1.54) is 18.4 Å². The largest absolute Gasteiger partial charge is 0.379 e. The first-order valence-electron chi connectivity index (χ1n) is 11.4. The van der Waals surface area contributed by atoms with E-state index < -0.39 is 0 Å². The van der Waals surface area contributed by atoms with E-state index in [4.69, 9.17) is 9.72 Å². The van der Waals surface area contributed by atoms with Crippen LogP contribution in [0.3, 0.4) is 0 Å². The molecule has 0 aliphatic carbocycles. The first-order chi connectivity index (χ1) is 14.7. The topological polar surface area (TPSA) is 66.2 Å². The van der Waals surface area contributed by atoms with Crippen LogP contribution in [0.25, 0.3) is 5.65 Å². The third-order valence-corrected chi connectivity index (χ3v) is 6.21. The monoisotopic (exact) mass is 542 g/mol. The second-order valence-corrected chi connectivity index (χ2v) is 8.08. The number of guanidine groups is 1. The lowest BCUT2D eigenvalue weighted by atomic mass is 9.92. The Morgan fingerprint density at radius 3 is 2.61 bits per heavy atom. The van der Waals surface area contributed by atoms with Gasteiger partial charge in [-0.1, -0.05) is 32.8 Å². The minimum atomic E-state index is 0. The molecule has 1 aliphatic heterocycles. The predicted octanol–water partition coefficient (Wildman–Crippen LogP) is 3.11. The molecule has 7 nitrogen and oxygen atoms in total. The number of fused-ring (bicyclic) bond motifs is 1. The Labute approximate surface area is 204 Å². The van der Waals surface area contributed by atoms with Gasteiger partial charge in [0.2, 0.25) is 0 Å². The maximum atomic E-state index is 5.56. The molecule has 0 aromatic carbocycles. The molecular weight excluding hydrogens is 503 g/mol. The zero-order valence-corrected chi connectivity index (χ0v) is 21.8. The third-order valence-electron chi connectivity index (χ3n) is 6.21. The van der Waals surface area contributed by atoms with Crippen molar-refractivity contribution >= 4 is 35.6 Å². The van der Waals surface area contributed by atoms with Crippen molar-refractivity contribution in [3.05, 3.63) is 35.8 Å². The highest BCUT2D eigenvalue weighted by Crippen LogP contribution is 2.19. The van der Waals surface area contributed by atoms with Crippen LogP contribution in [0.1, 0.15) is 37.9 Å². The van der Waals surface area contributed by atoms with Gasteiger partial charge in [-0.05, 0) is 24.5 Å². The Kier molecular flexibility index (Phi) is 11.0. The highest BCUT2D eigenvalue weighted by atomic mass is 127. The molecule has 1 unspecified atom stereocenters. The third kappa shape index (κ3) is 7.05. The van der Waals surface area contributed by atoms with Crippen LogP contribution in [0.2, 0.25) is 0 Å².